The van der Waals surface area contributed by atoms with Gasteiger partial charge in [0.05, 0.1) is 11.1 Å². The first-order valence-corrected chi connectivity index (χ1v) is 9.17. The molecule has 2 rings (SSSR count). The highest BCUT2D eigenvalue weighted by molar-refractivity contribution is 9.10. The number of para-hydroxylation sites is 2. The summed E-state index contributed by atoms with van der Waals surface area (Å²) in [5, 5.41) is 0.539. The van der Waals surface area contributed by atoms with E-state index in [0.29, 0.717) is 33.4 Å². The van der Waals surface area contributed by atoms with Crippen molar-refractivity contribution >= 4 is 39.3 Å². The van der Waals surface area contributed by atoms with E-state index >= 15 is 0 Å². The van der Waals surface area contributed by atoms with E-state index in [4.69, 9.17) is 25.8 Å². The molecule has 0 heterocycles. The van der Waals surface area contributed by atoms with Crippen LogP contribution in [-0.2, 0) is 9.59 Å². The molecule has 144 valence electrons. The fourth-order valence-electron chi connectivity index (χ4n) is 1.93. The summed E-state index contributed by atoms with van der Waals surface area (Å²) >= 11 is 9.11. The Kier molecular flexibility index (Phi) is 8.22. The molecule has 27 heavy (non-hydrogen) atoms. The van der Waals surface area contributed by atoms with Gasteiger partial charge < -0.3 is 14.2 Å². The molecule has 0 aliphatic heterocycles. The van der Waals surface area contributed by atoms with Crippen LogP contribution >= 0.6 is 27.5 Å². The Morgan fingerprint density at radius 2 is 1.48 bits per heavy atom. The van der Waals surface area contributed by atoms with Gasteiger partial charge in [-0.25, -0.2) is 0 Å². The summed E-state index contributed by atoms with van der Waals surface area (Å²) in [4.78, 5) is 23.6. The van der Waals surface area contributed by atoms with Crippen LogP contribution < -0.4 is 25.1 Å². The van der Waals surface area contributed by atoms with Gasteiger partial charge in [-0.05, 0) is 53.2 Å². The molecular weight excluding hydrogens is 440 g/mol. The monoisotopic (exact) mass is 456 g/mol. The zero-order valence-electron chi connectivity index (χ0n) is 14.5. The molecule has 0 aromatic heterocycles. The maximum Gasteiger partial charge on any atom is 0.276 e. The number of hydrogen-bond acceptors (Lipinski definition) is 5. The van der Waals surface area contributed by atoms with Gasteiger partial charge in [-0.2, -0.15) is 0 Å². The fourth-order valence-corrected chi connectivity index (χ4v) is 2.73. The summed E-state index contributed by atoms with van der Waals surface area (Å²) in [7, 11) is 0. The smallest absolute Gasteiger partial charge is 0.276 e. The van der Waals surface area contributed by atoms with Crippen molar-refractivity contribution in [2.75, 3.05) is 19.8 Å². The molecular formula is C18H18BrClN2O5. The number of halogens is 2. The third-order valence-electron chi connectivity index (χ3n) is 3.10. The second-order valence-corrected chi connectivity index (χ2v) is 6.42. The third-order valence-corrected chi connectivity index (χ3v) is 3.96. The van der Waals surface area contributed by atoms with E-state index in [0.717, 1.165) is 0 Å². The van der Waals surface area contributed by atoms with Crippen LogP contribution in [0, 0.1) is 0 Å². The highest BCUT2D eigenvalue weighted by Gasteiger charge is 2.10. The van der Waals surface area contributed by atoms with Gasteiger partial charge in [0.15, 0.2) is 24.7 Å². The molecule has 9 heteroatoms. The third kappa shape index (κ3) is 6.99. The summed E-state index contributed by atoms with van der Waals surface area (Å²) in [6, 6.07) is 11.9. The molecule has 0 saturated heterocycles. The van der Waals surface area contributed by atoms with Gasteiger partial charge in [-0.3, -0.25) is 20.4 Å². The predicted molar refractivity (Wildman–Crippen MR) is 104 cm³/mol. The molecule has 0 fully saturated rings. The Morgan fingerprint density at radius 1 is 0.926 bits per heavy atom. The van der Waals surface area contributed by atoms with Crippen molar-refractivity contribution in [3.8, 4) is 17.2 Å². The molecule has 2 aromatic carbocycles. The van der Waals surface area contributed by atoms with E-state index in [-0.39, 0.29) is 13.2 Å². The van der Waals surface area contributed by atoms with Gasteiger partial charge in [-0.1, -0.05) is 23.7 Å². The van der Waals surface area contributed by atoms with Crippen molar-refractivity contribution in [3.63, 3.8) is 0 Å². The number of nitrogens with one attached hydrogen (secondary N) is 2. The lowest BCUT2D eigenvalue weighted by Gasteiger charge is -2.12. The standard InChI is InChI=1S/C18H18BrClN2O5/c1-2-25-15-5-3-4-6-16(15)27-11-18(24)22-21-17(23)10-26-14-8-7-12(20)9-13(14)19/h3-9H,2,10-11H2,1H3,(H,21,23)(H,22,24). The van der Waals surface area contributed by atoms with Gasteiger partial charge in [0.25, 0.3) is 11.8 Å². The average Bonchev–Trinajstić information content (AvgIpc) is 2.65. The zero-order valence-corrected chi connectivity index (χ0v) is 16.8. The largest absolute Gasteiger partial charge is 0.490 e. The van der Waals surface area contributed by atoms with Crippen molar-refractivity contribution < 1.29 is 23.8 Å². The molecule has 2 amide bonds. The summed E-state index contributed by atoms with van der Waals surface area (Å²) in [5.41, 5.74) is 4.49. The van der Waals surface area contributed by atoms with Gasteiger partial charge in [0.2, 0.25) is 0 Å². The van der Waals surface area contributed by atoms with E-state index in [1.807, 2.05) is 6.92 Å². The molecule has 0 unspecified atom stereocenters. The first-order chi connectivity index (χ1) is 13.0. The van der Waals surface area contributed by atoms with Crippen LogP contribution in [0.5, 0.6) is 17.2 Å². The highest BCUT2D eigenvalue weighted by atomic mass is 79.9. The predicted octanol–water partition coefficient (Wildman–Crippen LogP) is 3.11. The molecule has 7 nitrogen and oxygen atoms in total. The molecule has 0 aliphatic rings. The topological polar surface area (TPSA) is 85.9 Å². The van der Waals surface area contributed by atoms with E-state index in [1.165, 1.54) is 0 Å². The molecule has 0 spiro atoms. The Balaban J connectivity index is 1.73. The maximum atomic E-state index is 11.8. The van der Waals surface area contributed by atoms with Crippen molar-refractivity contribution in [1.82, 2.24) is 10.9 Å². The highest BCUT2D eigenvalue weighted by Crippen LogP contribution is 2.28. The van der Waals surface area contributed by atoms with Gasteiger partial charge in [0.1, 0.15) is 5.75 Å². The molecule has 0 radical (unpaired) electrons. The summed E-state index contributed by atoms with van der Waals surface area (Å²) in [6.07, 6.45) is 0. The van der Waals surface area contributed by atoms with E-state index in [9.17, 15) is 9.59 Å². The Morgan fingerprint density at radius 3 is 2.04 bits per heavy atom. The first-order valence-electron chi connectivity index (χ1n) is 7.99. The number of hydrazine groups is 1. The number of hydrogen-bond donors (Lipinski definition) is 2. The van der Waals surface area contributed by atoms with E-state index in [1.54, 1.807) is 42.5 Å². The Labute approximate surface area is 170 Å². The van der Waals surface area contributed by atoms with Crippen LogP contribution in [0.3, 0.4) is 0 Å². The van der Waals surface area contributed by atoms with Crippen LogP contribution in [0.1, 0.15) is 6.92 Å². The summed E-state index contributed by atoms with van der Waals surface area (Å²) < 4.78 is 16.8. The van der Waals surface area contributed by atoms with Gasteiger partial charge in [0, 0.05) is 5.02 Å². The molecule has 0 saturated carbocycles. The van der Waals surface area contributed by atoms with Crippen LogP contribution in [0.15, 0.2) is 46.9 Å². The minimum atomic E-state index is -0.528. The number of carbonyl (C=O) groups excluding carboxylic acids is 2. The van der Waals surface area contributed by atoms with Crippen molar-refractivity contribution in [1.29, 1.82) is 0 Å². The Hall–Kier alpha value is -2.45. The van der Waals surface area contributed by atoms with Crippen LogP contribution in [0.4, 0.5) is 0 Å². The molecule has 2 N–H and O–H groups in total. The van der Waals surface area contributed by atoms with Crippen molar-refractivity contribution in [2.45, 2.75) is 6.92 Å². The van der Waals surface area contributed by atoms with Crippen LogP contribution in [0.25, 0.3) is 0 Å². The van der Waals surface area contributed by atoms with Crippen LogP contribution in [0.2, 0.25) is 5.02 Å². The molecule has 2 aromatic rings. The molecule has 0 atom stereocenters. The van der Waals surface area contributed by atoms with Crippen molar-refractivity contribution in [3.05, 3.63) is 52.0 Å². The summed E-state index contributed by atoms with van der Waals surface area (Å²) in [6.45, 7) is 1.76. The minimum absolute atomic E-state index is 0.283. The number of carbonyl (C=O) groups is 2. The Bertz CT molecular complexity index is 803. The average molecular weight is 458 g/mol. The number of ether oxygens (including phenoxy) is 3. The van der Waals surface area contributed by atoms with Crippen molar-refractivity contribution in [2.24, 2.45) is 0 Å². The molecule has 0 aliphatic carbocycles. The minimum Gasteiger partial charge on any atom is -0.490 e. The lowest BCUT2D eigenvalue weighted by molar-refractivity contribution is -0.131. The SMILES string of the molecule is CCOc1ccccc1OCC(=O)NNC(=O)COc1ccc(Cl)cc1Br. The fraction of sp³-hybridized carbons (Fsp3) is 0.222. The second kappa shape index (κ2) is 10.6. The quantitative estimate of drug-likeness (QED) is 0.595. The number of amides is 2. The maximum absolute atomic E-state index is 11.8. The number of rotatable bonds is 8. The van der Waals surface area contributed by atoms with Crippen LogP contribution in [-0.4, -0.2) is 31.6 Å². The second-order valence-electron chi connectivity index (χ2n) is 5.13. The lowest BCUT2D eigenvalue weighted by Crippen LogP contribution is -2.45. The lowest BCUT2D eigenvalue weighted by atomic mass is 10.3. The molecule has 0 bridgehead atoms. The van der Waals surface area contributed by atoms with E-state index in [2.05, 4.69) is 26.8 Å². The van der Waals surface area contributed by atoms with Gasteiger partial charge in [-0.15, -0.1) is 0 Å². The number of benzene rings is 2. The first kappa shape index (κ1) is 20.9. The van der Waals surface area contributed by atoms with E-state index < -0.39 is 11.8 Å². The summed E-state index contributed by atoms with van der Waals surface area (Å²) in [5.74, 6) is 0.384. The zero-order chi connectivity index (χ0) is 19.6. The van der Waals surface area contributed by atoms with Gasteiger partial charge >= 0.3 is 0 Å². The normalized spacial score (nSPS) is 10.0.